The molecule has 0 aliphatic rings. The first-order valence-corrected chi connectivity index (χ1v) is 17.7. The van der Waals surface area contributed by atoms with E-state index in [4.69, 9.17) is 4.42 Å². The van der Waals surface area contributed by atoms with Crippen molar-refractivity contribution in [2.24, 2.45) is 0 Å². The Kier molecular flexibility index (Phi) is 5.83. The SMILES string of the molecule is c1ccc(-n2c3ccccc3c3cccc(N(c4ccc5c(ccc6sc7ccccc7c65)c4)c4ccc5oc6ccccc6c5c4)c32)cc1. The van der Waals surface area contributed by atoms with Crippen molar-refractivity contribution in [1.29, 1.82) is 0 Å². The molecule has 0 radical (unpaired) electrons. The summed E-state index contributed by atoms with van der Waals surface area (Å²) in [7, 11) is 0. The largest absolute Gasteiger partial charge is 0.456 e. The van der Waals surface area contributed by atoms with E-state index in [9.17, 15) is 0 Å². The summed E-state index contributed by atoms with van der Waals surface area (Å²) in [6.07, 6.45) is 0. The molecule has 0 saturated heterocycles. The van der Waals surface area contributed by atoms with E-state index in [1.165, 1.54) is 47.2 Å². The molecule has 0 spiro atoms. The molecule has 0 saturated carbocycles. The minimum atomic E-state index is 0.886. The summed E-state index contributed by atoms with van der Waals surface area (Å²) >= 11 is 1.86. The molecule has 0 aliphatic carbocycles. The number of thiophene rings is 1. The average Bonchev–Trinajstić information content (AvgIpc) is 3.85. The third kappa shape index (κ3) is 3.97. The van der Waals surface area contributed by atoms with E-state index in [1.54, 1.807) is 0 Å². The van der Waals surface area contributed by atoms with Gasteiger partial charge in [0, 0.05) is 58.8 Å². The quantitative estimate of drug-likeness (QED) is 0.188. The molecule has 3 nitrogen and oxygen atoms in total. The highest BCUT2D eigenvalue weighted by Crippen LogP contribution is 2.46. The smallest absolute Gasteiger partial charge is 0.135 e. The van der Waals surface area contributed by atoms with E-state index in [0.29, 0.717) is 0 Å². The van der Waals surface area contributed by atoms with Gasteiger partial charge in [-0.1, -0.05) is 97.1 Å². The number of aromatic nitrogens is 1. The van der Waals surface area contributed by atoms with Crippen molar-refractivity contribution in [3.63, 3.8) is 0 Å². The number of hydrogen-bond donors (Lipinski definition) is 0. The van der Waals surface area contributed by atoms with Crippen molar-refractivity contribution in [2.75, 3.05) is 4.90 Å². The molecule has 50 heavy (non-hydrogen) atoms. The molecule has 11 rings (SSSR count). The van der Waals surface area contributed by atoms with Gasteiger partial charge >= 0.3 is 0 Å². The van der Waals surface area contributed by atoms with Gasteiger partial charge in [-0.15, -0.1) is 11.3 Å². The molecule has 8 aromatic carbocycles. The highest BCUT2D eigenvalue weighted by Gasteiger charge is 2.23. The fourth-order valence-corrected chi connectivity index (χ4v) is 9.11. The van der Waals surface area contributed by atoms with E-state index in [1.807, 2.05) is 23.5 Å². The number of fused-ring (bicyclic) bond motifs is 11. The fraction of sp³-hybridized carbons (Fsp3) is 0. The van der Waals surface area contributed by atoms with Gasteiger partial charge in [-0.3, -0.25) is 0 Å². The average molecular weight is 657 g/mol. The molecule has 3 heterocycles. The van der Waals surface area contributed by atoms with E-state index in [-0.39, 0.29) is 0 Å². The molecule has 0 unspecified atom stereocenters. The van der Waals surface area contributed by atoms with Gasteiger partial charge in [0.2, 0.25) is 0 Å². The molecule has 0 atom stereocenters. The lowest BCUT2D eigenvalue weighted by atomic mass is 10.0. The minimum Gasteiger partial charge on any atom is -0.456 e. The van der Waals surface area contributed by atoms with Crippen molar-refractivity contribution in [3.05, 3.63) is 170 Å². The van der Waals surface area contributed by atoms with E-state index in [2.05, 4.69) is 167 Å². The van der Waals surface area contributed by atoms with Crippen molar-refractivity contribution < 1.29 is 4.42 Å². The van der Waals surface area contributed by atoms with E-state index in [0.717, 1.165) is 50.2 Å². The molecule has 0 fully saturated rings. The van der Waals surface area contributed by atoms with Gasteiger partial charge in [-0.05, 0) is 83.6 Å². The summed E-state index contributed by atoms with van der Waals surface area (Å²) < 4.78 is 11.3. The standard InChI is InChI=1S/C46H28N2OS/c1-2-11-30(12-3-1)48-39-17-7-4-13-34(39)36-16-10-18-40(46(36)48)47(32-23-25-42-38(28-32)35-14-5-8-19-41(35)49-42)31-22-24-33-29(27-31)21-26-44-45(33)37-15-6-9-20-43(37)50-44/h1-28H. The molecule has 3 aromatic heterocycles. The van der Waals surface area contributed by atoms with Crippen LogP contribution >= 0.6 is 11.3 Å². The van der Waals surface area contributed by atoms with Crippen LogP contribution in [0.25, 0.3) is 80.4 Å². The molecule has 234 valence electrons. The zero-order valence-electron chi connectivity index (χ0n) is 26.9. The first-order valence-electron chi connectivity index (χ1n) is 16.9. The Balaban J connectivity index is 1.24. The Morgan fingerprint density at radius 3 is 2.10 bits per heavy atom. The summed E-state index contributed by atoms with van der Waals surface area (Å²) in [6.45, 7) is 0. The lowest BCUT2D eigenvalue weighted by Gasteiger charge is -2.27. The van der Waals surface area contributed by atoms with Crippen LogP contribution in [-0.2, 0) is 0 Å². The summed E-state index contributed by atoms with van der Waals surface area (Å²) in [5.41, 5.74) is 8.54. The summed E-state index contributed by atoms with van der Waals surface area (Å²) in [4.78, 5) is 2.43. The fourth-order valence-electron chi connectivity index (χ4n) is 7.99. The molecular weight excluding hydrogens is 629 g/mol. The van der Waals surface area contributed by atoms with Gasteiger partial charge in [0.1, 0.15) is 11.2 Å². The first kappa shape index (κ1) is 27.6. The third-order valence-corrected chi connectivity index (χ3v) is 11.3. The monoisotopic (exact) mass is 656 g/mol. The lowest BCUT2D eigenvalue weighted by molar-refractivity contribution is 0.669. The van der Waals surface area contributed by atoms with Crippen LogP contribution in [0, 0.1) is 0 Å². The van der Waals surface area contributed by atoms with Crippen molar-refractivity contribution in [2.45, 2.75) is 0 Å². The van der Waals surface area contributed by atoms with Gasteiger partial charge in [0.25, 0.3) is 0 Å². The summed E-state index contributed by atoms with van der Waals surface area (Å²) in [6, 6.07) is 61.3. The van der Waals surface area contributed by atoms with Crippen LogP contribution in [0.3, 0.4) is 0 Å². The van der Waals surface area contributed by atoms with Crippen LogP contribution < -0.4 is 4.90 Å². The molecule has 0 N–H and O–H groups in total. The van der Waals surface area contributed by atoms with Crippen LogP contribution in [0.1, 0.15) is 0 Å². The van der Waals surface area contributed by atoms with E-state index >= 15 is 0 Å². The van der Waals surface area contributed by atoms with Gasteiger partial charge in [-0.25, -0.2) is 0 Å². The second-order valence-corrected chi connectivity index (χ2v) is 14.0. The number of nitrogens with zero attached hydrogens (tertiary/aromatic N) is 2. The Labute approximate surface area is 291 Å². The normalized spacial score (nSPS) is 12.0. The zero-order chi connectivity index (χ0) is 32.8. The third-order valence-electron chi connectivity index (χ3n) is 10.1. The second-order valence-electron chi connectivity index (χ2n) is 12.9. The number of para-hydroxylation sites is 4. The van der Waals surface area contributed by atoms with Gasteiger partial charge in [0.15, 0.2) is 0 Å². The Bertz CT molecular complexity index is 3110. The van der Waals surface area contributed by atoms with Gasteiger partial charge in [0.05, 0.1) is 16.7 Å². The first-order chi connectivity index (χ1) is 24.8. The highest BCUT2D eigenvalue weighted by atomic mass is 32.1. The van der Waals surface area contributed by atoms with Crippen molar-refractivity contribution in [3.8, 4) is 5.69 Å². The van der Waals surface area contributed by atoms with Gasteiger partial charge < -0.3 is 13.9 Å². The number of hydrogen-bond acceptors (Lipinski definition) is 3. The van der Waals surface area contributed by atoms with E-state index < -0.39 is 0 Å². The predicted molar refractivity (Wildman–Crippen MR) is 213 cm³/mol. The van der Waals surface area contributed by atoms with Crippen molar-refractivity contribution >= 4 is 103 Å². The highest BCUT2D eigenvalue weighted by molar-refractivity contribution is 7.26. The number of benzene rings is 8. The van der Waals surface area contributed by atoms with Crippen LogP contribution in [0.15, 0.2) is 174 Å². The van der Waals surface area contributed by atoms with Crippen LogP contribution in [0.2, 0.25) is 0 Å². The molecule has 0 aliphatic heterocycles. The Hall–Kier alpha value is -6.36. The topological polar surface area (TPSA) is 21.3 Å². The molecule has 4 heteroatoms. The van der Waals surface area contributed by atoms with Crippen LogP contribution in [0.4, 0.5) is 17.1 Å². The van der Waals surface area contributed by atoms with Crippen molar-refractivity contribution in [1.82, 2.24) is 4.57 Å². The number of rotatable bonds is 4. The van der Waals surface area contributed by atoms with Crippen LogP contribution in [0.5, 0.6) is 0 Å². The number of anilines is 3. The Morgan fingerprint density at radius 1 is 0.460 bits per heavy atom. The summed E-state index contributed by atoms with van der Waals surface area (Å²) in [5.74, 6) is 0. The maximum Gasteiger partial charge on any atom is 0.135 e. The second kappa shape index (κ2) is 10.6. The Morgan fingerprint density at radius 2 is 1.18 bits per heavy atom. The maximum absolute atomic E-state index is 6.29. The van der Waals surface area contributed by atoms with Crippen LogP contribution in [-0.4, -0.2) is 4.57 Å². The zero-order valence-corrected chi connectivity index (χ0v) is 27.7. The molecule has 0 bridgehead atoms. The molecule has 11 aromatic rings. The predicted octanol–water partition coefficient (Wildman–Crippen LogP) is 13.7. The molecule has 0 amide bonds. The maximum atomic E-state index is 6.29. The van der Waals surface area contributed by atoms with Gasteiger partial charge in [-0.2, -0.15) is 0 Å². The molecular formula is C46H28N2OS. The summed E-state index contributed by atoms with van der Waals surface area (Å²) in [5, 5.41) is 9.81. The minimum absolute atomic E-state index is 0.886. The lowest BCUT2D eigenvalue weighted by Crippen LogP contribution is -2.11. The number of furan rings is 1.